The zero-order valence-corrected chi connectivity index (χ0v) is 9.62. The Morgan fingerprint density at radius 1 is 1.64 bits per heavy atom. The van der Waals surface area contributed by atoms with Crippen molar-refractivity contribution in [3.63, 3.8) is 0 Å². The van der Waals surface area contributed by atoms with Gasteiger partial charge in [0.05, 0.1) is 22.3 Å². The summed E-state index contributed by atoms with van der Waals surface area (Å²) in [6, 6.07) is 2.38. The van der Waals surface area contributed by atoms with Gasteiger partial charge in [-0.2, -0.15) is 0 Å². The maximum Gasteiger partial charge on any atom is 0.0748 e. The maximum absolute atomic E-state index is 5.48. The third-order valence-corrected chi connectivity index (χ3v) is 3.12. The van der Waals surface area contributed by atoms with Gasteiger partial charge in [0, 0.05) is 19.0 Å². The quantitative estimate of drug-likeness (QED) is 0.883. The topological polar surface area (TPSA) is 34.1 Å². The highest BCUT2D eigenvalue weighted by Crippen LogP contribution is 2.24. The second kappa shape index (κ2) is 4.28. The Kier molecular flexibility index (Phi) is 3.03. The van der Waals surface area contributed by atoms with Crippen LogP contribution in [0.1, 0.15) is 13.3 Å². The van der Waals surface area contributed by atoms with Gasteiger partial charge in [-0.1, -0.05) is 0 Å². The van der Waals surface area contributed by atoms with Gasteiger partial charge >= 0.3 is 0 Å². The highest BCUT2D eigenvalue weighted by atomic mass is 79.9. The van der Waals surface area contributed by atoms with Crippen LogP contribution in [0.3, 0.4) is 0 Å². The fraction of sp³-hybridized carbons (Fsp3) is 0.500. The Balaban J connectivity index is 2.07. The largest absolute Gasteiger partial charge is 0.379 e. The molecule has 0 spiro atoms. The number of nitrogens with one attached hydrogen (secondary N) is 1. The zero-order valence-electron chi connectivity index (χ0n) is 8.03. The van der Waals surface area contributed by atoms with Crippen LogP contribution in [0.15, 0.2) is 22.9 Å². The fourth-order valence-electron chi connectivity index (χ4n) is 1.61. The number of pyridine rings is 1. The van der Waals surface area contributed by atoms with Crippen LogP contribution in [-0.4, -0.2) is 23.7 Å². The molecule has 4 heteroatoms. The molecule has 1 N–H and O–H groups in total. The van der Waals surface area contributed by atoms with E-state index in [0.29, 0.717) is 6.04 Å². The van der Waals surface area contributed by atoms with Gasteiger partial charge in [0.1, 0.15) is 0 Å². The molecular formula is C10H13BrN2O. The first kappa shape index (κ1) is 9.93. The normalized spacial score (nSPS) is 26.4. The molecule has 76 valence electrons. The van der Waals surface area contributed by atoms with E-state index in [-0.39, 0.29) is 6.10 Å². The molecule has 0 aliphatic carbocycles. The minimum atomic E-state index is 0.287. The van der Waals surface area contributed by atoms with Crippen LogP contribution in [-0.2, 0) is 4.74 Å². The lowest BCUT2D eigenvalue weighted by Gasteiger charge is -2.17. The summed E-state index contributed by atoms with van der Waals surface area (Å²) < 4.78 is 6.48. The average molecular weight is 257 g/mol. The summed E-state index contributed by atoms with van der Waals surface area (Å²) in [6.07, 6.45) is 4.93. The Bertz CT molecular complexity index is 319. The molecule has 2 heterocycles. The number of hydrogen-bond donors (Lipinski definition) is 1. The Hall–Kier alpha value is -0.610. The molecule has 0 amide bonds. The number of anilines is 1. The number of aromatic nitrogens is 1. The predicted molar refractivity (Wildman–Crippen MR) is 59.4 cm³/mol. The van der Waals surface area contributed by atoms with Gasteiger partial charge in [-0.3, -0.25) is 4.98 Å². The van der Waals surface area contributed by atoms with Gasteiger partial charge < -0.3 is 10.1 Å². The standard InChI is InChI=1S/C10H13BrN2O/c1-7-9(3-5-14-7)13-10-2-4-12-6-8(10)11/h2,4,6-7,9H,3,5H2,1H3,(H,12,13)/t7-,9-/m1/s1. The fourth-order valence-corrected chi connectivity index (χ4v) is 1.98. The molecule has 1 fully saturated rings. The first-order valence-corrected chi connectivity index (χ1v) is 5.54. The minimum absolute atomic E-state index is 0.287. The van der Waals surface area contributed by atoms with Gasteiger partial charge in [-0.05, 0) is 35.3 Å². The molecule has 1 aromatic rings. The van der Waals surface area contributed by atoms with E-state index in [4.69, 9.17) is 4.74 Å². The lowest BCUT2D eigenvalue weighted by molar-refractivity contribution is 0.121. The number of ether oxygens (including phenoxy) is 1. The molecule has 1 aromatic heterocycles. The van der Waals surface area contributed by atoms with Crippen molar-refractivity contribution in [1.29, 1.82) is 0 Å². The van der Waals surface area contributed by atoms with E-state index >= 15 is 0 Å². The highest BCUT2D eigenvalue weighted by molar-refractivity contribution is 9.10. The van der Waals surface area contributed by atoms with Crippen molar-refractivity contribution in [3.8, 4) is 0 Å². The minimum Gasteiger partial charge on any atom is -0.379 e. The molecule has 1 aliphatic rings. The summed E-state index contributed by atoms with van der Waals surface area (Å²) in [4.78, 5) is 4.02. The molecule has 2 atom stereocenters. The van der Waals surface area contributed by atoms with Crippen LogP contribution in [0.5, 0.6) is 0 Å². The van der Waals surface area contributed by atoms with Gasteiger partial charge in [-0.25, -0.2) is 0 Å². The van der Waals surface area contributed by atoms with Crippen LogP contribution < -0.4 is 5.32 Å². The number of hydrogen-bond acceptors (Lipinski definition) is 3. The molecule has 2 rings (SSSR count). The lowest BCUT2D eigenvalue weighted by atomic mass is 10.1. The van der Waals surface area contributed by atoms with Crippen LogP contribution in [0.25, 0.3) is 0 Å². The SMILES string of the molecule is C[C@H]1OCC[C@H]1Nc1ccncc1Br. The maximum atomic E-state index is 5.48. The van der Waals surface area contributed by atoms with E-state index in [1.807, 2.05) is 6.07 Å². The van der Waals surface area contributed by atoms with Crippen molar-refractivity contribution in [2.24, 2.45) is 0 Å². The van der Waals surface area contributed by atoms with E-state index in [2.05, 4.69) is 33.2 Å². The van der Waals surface area contributed by atoms with Gasteiger partial charge in [-0.15, -0.1) is 0 Å². The summed E-state index contributed by atoms with van der Waals surface area (Å²) in [5.41, 5.74) is 1.09. The Morgan fingerprint density at radius 3 is 3.14 bits per heavy atom. The van der Waals surface area contributed by atoms with Crippen molar-refractivity contribution in [1.82, 2.24) is 4.98 Å². The second-order valence-electron chi connectivity index (χ2n) is 3.47. The van der Waals surface area contributed by atoms with E-state index < -0.39 is 0 Å². The van der Waals surface area contributed by atoms with Gasteiger partial charge in [0.25, 0.3) is 0 Å². The molecule has 3 nitrogen and oxygen atoms in total. The monoisotopic (exact) mass is 256 g/mol. The van der Waals surface area contributed by atoms with Crippen molar-refractivity contribution >= 4 is 21.6 Å². The molecule has 0 bridgehead atoms. The number of nitrogens with zero attached hydrogens (tertiary/aromatic N) is 1. The summed E-state index contributed by atoms with van der Waals surface area (Å²) in [7, 11) is 0. The first-order chi connectivity index (χ1) is 6.77. The lowest BCUT2D eigenvalue weighted by Crippen LogP contribution is -2.26. The van der Waals surface area contributed by atoms with Crippen molar-refractivity contribution in [2.45, 2.75) is 25.5 Å². The Labute approximate surface area is 92.0 Å². The second-order valence-corrected chi connectivity index (χ2v) is 4.33. The summed E-state index contributed by atoms with van der Waals surface area (Å²) >= 11 is 3.46. The highest BCUT2D eigenvalue weighted by Gasteiger charge is 2.24. The smallest absolute Gasteiger partial charge is 0.0748 e. The molecule has 0 radical (unpaired) electrons. The summed E-state index contributed by atoms with van der Waals surface area (Å²) in [5.74, 6) is 0. The van der Waals surface area contributed by atoms with Crippen molar-refractivity contribution in [3.05, 3.63) is 22.9 Å². The van der Waals surface area contributed by atoms with Crippen LogP contribution in [0.2, 0.25) is 0 Å². The van der Waals surface area contributed by atoms with Crippen LogP contribution in [0, 0.1) is 0 Å². The molecule has 0 aromatic carbocycles. The van der Waals surface area contributed by atoms with E-state index in [1.54, 1.807) is 12.4 Å². The third kappa shape index (κ3) is 2.07. The third-order valence-electron chi connectivity index (χ3n) is 2.49. The predicted octanol–water partition coefficient (Wildman–Crippen LogP) is 2.43. The molecule has 0 unspecified atom stereocenters. The zero-order chi connectivity index (χ0) is 9.97. The van der Waals surface area contributed by atoms with Gasteiger partial charge in [0.2, 0.25) is 0 Å². The van der Waals surface area contributed by atoms with E-state index in [0.717, 1.165) is 23.2 Å². The van der Waals surface area contributed by atoms with Crippen molar-refractivity contribution in [2.75, 3.05) is 11.9 Å². The summed E-state index contributed by atoms with van der Waals surface area (Å²) in [6.45, 7) is 2.95. The molecule has 1 saturated heterocycles. The van der Waals surface area contributed by atoms with Crippen molar-refractivity contribution < 1.29 is 4.74 Å². The molecular weight excluding hydrogens is 244 g/mol. The van der Waals surface area contributed by atoms with Gasteiger partial charge in [0.15, 0.2) is 0 Å². The number of halogens is 1. The average Bonchev–Trinajstić information content (AvgIpc) is 2.56. The molecule has 0 saturated carbocycles. The van der Waals surface area contributed by atoms with E-state index in [9.17, 15) is 0 Å². The van der Waals surface area contributed by atoms with E-state index in [1.165, 1.54) is 0 Å². The molecule has 14 heavy (non-hydrogen) atoms. The Morgan fingerprint density at radius 2 is 2.50 bits per heavy atom. The van der Waals surface area contributed by atoms with Crippen LogP contribution in [0.4, 0.5) is 5.69 Å². The van der Waals surface area contributed by atoms with Crippen LogP contribution >= 0.6 is 15.9 Å². The molecule has 1 aliphatic heterocycles. The number of rotatable bonds is 2. The first-order valence-electron chi connectivity index (χ1n) is 4.75. The summed E-state index contributed by atoms with van der Waals surface area (Å²) in [5, 5.41) is 3.45.